The van der Waals surface area contributed by atoms with Crippen LogP contribution in [0.15, 0.2) is 35.1 Å². The normalized spacial score (nSPS) is 9.90. The van der Waals surface area contributed by atoms with E-state index in [0.29, 0.717) is 5.03 Å². The molecular formula is C8H11ClO. The largest absolute Gasteiger partial charge is 0.508 e. The van der Waals surface area contributed by atoms with Crippen molar-refractivity contribution < 1.29 is 5.11 Å². The minimum absolute atomic E-state index is 0.238. The second-order valence-corrected chi connectivity index (χ2v) is 2.65. The van der Waals surface area contributed by atoms with Gasteiger partial charge in [-0.2, -0.15) is 0 Å². The zero-order chi connectivity index (χ0) is 8.15. The van der Waals surface area contributed by atoms with Gasteiger partial charge in [-0.3, -0.25) is 0 Å². The van der Waals surface area contributed by atoms with Crippen molar-refractivity contribution in [1.82, 2.24) is 0 Å². The third-order valence-corrected chi connectivity index (χ3v) is 1.06. The first-order valence-electron chi connectivity index (χ1n) is 2.93. The number of aliphatic hydroxyl groups is 1. The van der Waals surface area contributed by atoms with Crippen molar-refractivity contribution in [1.29, 1.82) is 0 Å². The Morgan fingerprint density at radius 3 is 2.20 bits per heavy atom. The molecule has 0 aromatic rings. The van der Waals surface area contributed by atoms with Crippen molar-refractivity contribution >= 4 is 11.6 Å². The highest BCUT2D eigenvalue weighted by atomic mass is 35.5. The third-order valence-electron chi connectivity index (χ3n) is 0.934. The first-order chi connectivity index (χ1) is 4.54. The summed E-state index contributed by atoms with van der Waals surface area (Å²) >= 11 is 5.41. The van der Waals surface area contributed by atoms with E-state index in [1.165, 1.54) is 6.08 Å². The molecular weight excluding hydrogens is 148 g/mol. The molecule has 0 fully saturated rings. The van der Waals surface area contributed by atoms with Crippen LogP contribution in [0.4, 0.5) is 0 Å². The highest BCUT2D eigenvalue weighted by Gasteiger charge is 1.87. The van der Waals surface area contributed by atoms with Crippen molar-refractivity contribution in [3.8, 4) is 0 Å². The first kappa shape index (κ1) is 9.31. The maximum absolute atomic E-state index is 9.07. The molecule has 0 amide bonds. The van der Waals surface area contributed by atoms with Crippen molar-refractivity contribution in [2.24, 2.45) is 0 Å². The molecule has 0 saturated carbocycles. The highest BCUT2D eigenvalue weighted by Crippen LogP contribution is 2.04. The molecule has 0 aromatic heterocycles. The van der Waals surface area contributed by atoms with Gasteiger partial charge in [0.1, 0.15) is 5.76 Å². The molecule has 0 saturated heterocycles. The van der Waals surface area contributed by atoms with Gasteiger partial charge in [0.15, 0.2) is 0 Å². The summed E-state index contributed by atoms with van der Waals surface area (Å²) < 4.78 is 0. The van der Waals surface area contributed by atoms with Crippen LogP contribution in [-0.2, 0) is 0 Å². The predicted octanol–water partition coefficient (Wildman–Crippen LogP) is 3.15. The molecule has 1 N–H and O–H groups in total. The highest BCUT2D eigenvalue weighted by molar-refractivity contribution is 6.30. The maximum Gasteiger partial charge on any atom is 0.114 e. The van der Waals surface area contributed by atoms with E-state index in [1.54, 1.807) is 6.08 Å². The van der Waals surface area contributed by atoms with Crippen LogP contribution in [0, 0.1) is 0 Å². The van der Waals surface area contributed by atoms with E-state index in [1.807, 2.05) is 13.8 Å². The number of halogens is 1. The molecule has 0 atom stereocenters. The van der Waals surface area contributed by atoms with Gasteiger partial charge in [-0.25, -0.2) is 0 Å². The van der Waals surface area contributed by atoms with Gasteiger partial charge in [0, 0.05) is 5.03 Å². The number of hydrogen-bond acceptors (Lipinski definition) is 1. The molecule has 0 aliphatic rings. The maximum atomic E-state index is 9.07. The van der Waals surface area contributed by atoms with Crippen LogP contribution < -0.4 is 0 Å². The second-order valence-electron chi connectivity index (χ2n) is 2.17. The van der Waals surface area contributed by atoms with Crippen molar-refractivity contribution in [3.63, 3.8) is 0 Å². The number of rotatable bonds is 2. The summed E-state index contributed by atoms with van der Waals surface area (Å²) in [6.07, 6.45) is 3.06. The monoisotopic (exact) mass is 158 g/mol. The molecule has 0 aliphatic carbocycles. The summed E-state index contributed by atoms with van der Waals surface area (Å²) in [4.78, 5) is 0. The van der Waals surface area contributed by atoms with Gasteiger partial charge >= 0.3 is 0 Å². The molecule has 0 heterocycles. The lowest BCUT2D eigenvalue weighted by molar-refractivity contribution is 0.425. The summed E-state index contributed by atoms with van der Waals surface area (Å²) in [6.45, 7) is 7.06. The summed E-state index contributed by atoms with van der Waals surface area (Å²) in [7, 11) is 0. The second kappa shape index (κ2) is 4.18. The minimum atomic E-state index is 0.238. The number of allylic oxidation sites excluding steroid dienone is 4. The van der Waals surface area contributed by atoms with Crippen molar-refractivity contribution in [2.45, 2.75) is 13.8 Å². The zero-order valence-corrected chi connectivity index (χ0v) is 6.94. The van der Waals surface area contributed by atoms with Crippen LogP contribution in [-0.4, -0.2) is 5.11 Å². The summed E-state index contributed by atoms with van der Waals surface area (Å²) in [5, 5.41) is 9.48. The fraction of sp³-hybridized carbons (Fsp3) is 0.250. The van der Waals surface area contributed by atoms with E-state index < -0.39 is 0 Å². The standard InChI is InChI=1S/C8H11ClO/c1-6(2)8(10)5-4-7(3)9/h4-5,10H,3H2,1-2H3/b5-4-. The van der Waals surface area contributed by atoms with Gasteiger partial charge in [0.05, 0.1) is 0 Å². The smallest absolute Gasteiger partial charge is 0.114 e. The fourth-order valence-corrected chi connectivity index (χ4v) is 0.399. The molecule has 0 spiro atoms. The number of aliphatic hydroxyl groups excluding tert-OH is 1. The van der Waals surface area contributed by atoms with Gasteiger partial charge in [-0.1, -0.05) is 18.2 Å². The van der Waals surface area contributed by atoms with E-state index in [2.05, 4.69) is 6.58 Å². The molecule has 2 heteroatoms. The van der Waals surface area contributed by atoms with E-state index in [-0.39, 0.29) is 5.76 Å². The van der Waals surface area contributed by atoms with Gasteiger partial charge in [0.25, 0.3) is 0 Å². The van der Waals surface area contributed by atoms with E-state index >= 15 is 0 Å². The van der Waals surface area contributed by atoms with Crippen LogP contribution in [0.3, 0.4) is 0 Å². The van der Waals surface area contributed by atoms with Crippen LogP contribution >= 0.6 is 11.6 Å². The van der Waals surface area contributed by atoms with E-state index in [0.717, 1.165) is 5.57 Å². The molecule has 0 aliphatic heterocycles. The average molecular weight is 159 g/mol. The number of hydrogen-bond donors (Lipinski definition) is 1. The Kier molecular flexibility index (Phi) is 3.89. The lowest BCUT2D eigenvalue weighted by Gasteiger charge is -1.92. The Morgan fingerprint density at radius 2 is 1.90 bits per heavy atom. The van der Waals surface area contributed by atoms with Gasteiger partial charge in [-0.15, -0.1) is 0 Å². The van der Waals surface area contributed by atoms with E-state index in [4.69, 9.17) is 16.7 Å². The molecule has 1 nitrogen and oxygen atoms in total. The summed E-state index contributed by atoms with van der Waals surface area (Å²) in [5.41, 5.74) is 0.856. The molecule has 0 bridgehead atoms. The van der Waals surface area contributed by atoms with Gasteiger partial charge in [0.2, 0.25) is 0 Å². The first-order valence-corrected chi connectivity index (χ1v) is 3.30. The zero-order valence-electron chi connectivity index (χ0n) is 6.19. The lowest BCUT2D eigenvalue weighted by Crippen LogP contribution is -1.77. The Morgan fingerprint density at radius 1 is 1.40 bits per heavy atom. The predicted molar refractivity (Wildman–Crippen MR) is 45.1 cm³/mol. The fourth-order valence-electron chi connectivity index (χ4n) is 0.336. The van der Waals surface area contributed by atoms with Crippen LogP contribution in [0.25, 0.3) is 0 Å². The summed E-state index contributed by atoms with van der Waals surface area (Å²) in [5.74, 6) is 0.238. The lowest BCUT2D eigenvalue weighted by atomic mass is 10.3. The molecule has 10 heavy (non-hydrogen) atoms. The Hall–Kier alpha value is -0.690. The van der Waals surface area contributed by atoms with Crippen LogP contribution in [0.2, 0.25) is 0 Å². The third kappa shape index (κ3) is 4.21. The quantitative estimate of drug-likeness (QED) is 0.484. The SMILES string of the molecule is C=C(Cl)/C=C\C(O)=C(C)C. The van der Waals surface area contributed by atoms with Crippen LogP contribution in [0.1, 0.15) is 13.8 Å². The summed E-state index contributed by atoms with van der Waals surface area (Å²) in [6, 6.07) is 0. The van der Waals surface area contributed by atoms with E-state index in [9.17, 15) is 0 Å². The van der Waals surface area contributed by atoms with Gasteiger partial charge < -0.3 is 5.11 Å². The van der Waals surface area contributed by atoms with Crippen molar-refractivity contribution in [2.75, 3.05) is 0 Å². The van der Waals surface area contributed by atoms with Crippen LogP contribution in [0.5, 0.6) is 0 Å². The Balaban J connectivity index is 4.16. The molecule has 0 unspecified atom stereocenters. The topological polar surface area (TPSA) is 20.2 Å². The molecule has 56 valence electrons. The molecule has 0 radical (unpaired) electrons. The van der Waals surface area contributed by atoms with Gasteiger partial charge in [-0.05, 0) is 31.6 Å². The average Bonchev–Trinajstić information content (AvgIpc) is 1.82. The van der Waals surface area contributed by atoms with Crippen molar-refractivity contribution in [3.05, 3.63) is 35.1 Å². The Labute approximate surface area is 66.3 Å². The Bertz CT molecular complexity index is 185. The molecule has 0 aromatic carbocycles. The molecule has 0 rings (SSSR count). The minimum Gasteiger partial charge on any atom is -0.508 e.